The van der Waals surface area contributed by atoms with E-state index in [0.29, 0.717) is 6.61 Å². The summed E-state index contributed by atoms with van der Waals surface area (Å²) >= 11 is 0. The molecule has 0 amide bonds. The molecule has 0 aliphatic rings. The van der Waals surface area contributed by atoms with Crippen molar-refractivity contribution < 1.29 is 14.3 Å². The summed E-state index contributed by atoms with van der Waals surface area (Å²) < 4.78 is 10.5. The van der Waals surface area contributed by atoms with Crippen LogP contribution >= 0.6 is 0 Å². The third kappa shape index (κ3) is 11.3. The van der Waals surface area contributed by atoms with E-state index in [4.69, 9.17) is 9.47 Å². The van der Waals surface area contributed by atoms with Crippen LogP contribution in [-0.4, -0.2) is 25.8 Å². The minimum atomic E-state index is -0.369. The standard InChI is InChI=1S/C17H34O3/c1-4-6-8-10-11-13-15-20-17(18)16(19-3)14-12-9-7-5-2/h16H,4-15H2,1-3H3. The number of hydrogen-bond donors (Lipinski definition) is 0. The Kier molecular flexibility index (Phi) is 14.4. The monoisotopic (exact) mass is 286 g/mol. The smallest absolute Gasteiger partial charge is 0.335 e. The van der Waals surface area contributed by atoms with Crippen molar-refractivity contribution in [2.24, 2.45) is 0 Å². The Morgan fingerprint density at radius 1 is 0.850 bits per heavy atom. The Bertz CT molecular complexity index is 216. The molecule has 120 valence electrons. The van der Waals surface area contributed by atoms with Gasteiger partial charge in [0.05, 0.1) is 6.61 Å². The molecule has 0 aromatic rings. The summed E-state index contributed by atoms with van der Waals surface area (Å²) in [6.45, 7) is 4.94. The molecule has 20 heavy (non-hydrogen) atoms. The molecule has 3 heteroatoms. The second-order valence-corrected chi connectivity index (χ2v) is 5.51. The Morgan fingerprint density at radius 2 is 1.40 bits per heavy atom. The number of hydrogen-bond acceptors (Lipinski definition) is 3. The van der Waals surface area contributed by atoms with Crippen molar-refractivity contribution in [2.45, 2.75) is 90.6 Å². The number of ether oxygens (including phenoxy) is 2. The van der Waals surface area contributed by atoms with Crippen LogP contribution in [0.2, 0.25) is 0 Å². The molecule has 0 bridgehead atoms. The Labute approximate surface area is 125 Å². The summed E-state index contributed by atoms with van der Waals surface area (Å²) in [5.74, 6) is -0.183. The number of carbonyl (C=O) groups is 1. The van der Waals surface area contributed by atoms with Gasteiger partial charge in [-0.2, -0.15) is 0 Å². The molecule has 0 saturated carbocycles. The van der Waals surface area contributed by atoms with Gasteiger partial charge in [0.25, 0.3) is 0 Å². The van der Waals surface area contributed by atoms with Crippen molar-refractivity contribution in [1.82, 2.24) is 0 Å². The average Bonchev–Trinajstić information content (AvgIpc) is 2.46. The average molecular weight is 286 g/mol. The number of unbranched alkanes of at least 4 members (excludes halogenated alkanes) is 8. The first-order chi connectivity index (χ1) is 9.76. The van der Waals surface area contributed by atoms with E-state index in [1.807, 2.05) is 0 Å². The summed E-state index contributed by atoms with van der Waals surface area (Å²) in [6, 6.07) is 0. The largest absolute Gasteiger partial charge is 0.464 e. The fourth-order valence-electron chi connectivity index (χ4n) is 2.24. The van der Waals surface area contributed by atoms with Crippen LogP contribution in [-0.2, 0) is 14.3 Å². The fraction of sp³-hybridized carbons (Fsp3) is 0.941. The molecule has 3 nitrogen and oxygen atoms in total. The summed E-state index contributed by atoms with van der Waals surface area (Å²) in [5.41, 5.74) is 0. The summed E-state index contributed by atoms with van der Waals surface area (Å²) in [5, 5.41) is 0. The predicted molar refractivity (Wildman–Crippen MR) is 83.9 cm³/mol. The van der Waals surface area contributed by atoms with Crippen LogP contribution < -0.4 is 0 Å². The highest BCUT2D eigenvalue weighted by Crippen LogP contribution is 2.10. The molecule has 0 radical (unpaired) electrons. The van der Waals surface area contributed by atoms with Crippen molar-refractivity contribution in [3.8, 4) is 0 Å². The van der Waals surface area contributed by atoms with E-state index in [0.717, 1.165) is 25.7 Å². The first kappa shape index (κ1) is 19.4. The molecule has 1 unspecified atom stereocenters. The maximum absolute atomic E-state index is 11.8. The van der Waals surface area contributed by atoms with E-state index >= 15 is 0 Å². The van der Waals surface area contributed by atoms with Crippen LogP contribution in [0.3, 0.4) is 0 Å². The van der Waals surface area contributed by atoms with Gasteiger partial charge in [-0.05, 0) is 12.8 Å². The third-order valence-electron chi connectivity index (χ3n) is 3.61. The number of methoxy groups -OCH3 is 1. The number of esters is 1. The molecule has 0 aliphatic carbocycles. The highest BCUT2D eigenvalue weighted by Gasteiger charge is 2.18. The van der Waals surface area contributed by atoms with Crippen LogP contribution in [0, 0.1) is 0 Å². The van der Waals surface area contributed by atoms with Crippen molar-refractivity contribution >= 4 is 5.97 Å². The van der Waals surface area contributed by atoms with Crippen molar-refractivity contribution in [3.63, 3.8) is 0 Å². The summed E-state index contributed by atoms with van der Waals surface area (Å²) in [6.07, 6.45) is 12.3. The predicted octanol–water partition coefficient (Wildman–Crippen LogP) is 4.88. The normalized spacial score (nSPS) is 12.3. The second-order valence-electron chi connectivity index (χ2n) is 5.51. The van der Waals surface area contributed by atoms with Crippen molar-refractivity contribution in [3.05, 3.63) is 0 Å². The van der Waals surface area contributed by atoms with E-state index in [9.17, 15) is 4.79 Å². The van der Waals surface area contributed by atoms with Crippen LogP contribution in [0.25, 0.3) is 0 Å². The second kappa shape index (κ2) is 14.8. The zero-order valence-corrected chi connectivity index (χ0v) is 13.8. The number of carbonyl (C=O) groups excluding carboxylic acids is 1. The maximum Gasteiger partial charge on any atom is 0.335 e. The fourth-order valence-corrected chi connectivity index (χ4v) is 2.24. The third-order valence-corrected chi connectivity index (χ3v) is 3.61. The van der Waals surface area contributed by atoms with Crippen LogP contribution in [0.1, 0.15) is 84.5 Å². The van der Waals surface area contributed by atoms with Crippen molar-refractivity contribution in [2.75, 3.05) is 13.7 Å². The van der Waals surface area contributed by atoms with Gasteiger partial charge in [0.15, 0.2) is 6.10 Å². The van der Waals surface area contributed by atoms with Gasteiger partial charge in [-0.25, -0.2) is 4.79 Å². The van der Waals surface area contributed by atoms with Gasteiger partial charge < -0.3 is 9.47 Å². The molecular weight excluding hydrogens is 252 g/mol. The molecule has 0 fully saturated rings. The van der Waals surface area contributed by atoms with E-state index in [1.54, 1.807) is 7.11 Å². The molecule has 0 rings (SSSR count). The van der Waals surface area contributed by atoms with E-state index in [2.05, 4.69) is 13.8 Å². The van der Waals surface area contributed by atoms with Crippen LogP contribution in [0.5, 0.6) is 0 Å². The highest BCUT2D eigenvalue weighted by atomic mass is 16.6. The molecule has 0 aromatic heterocycles. The lowest BCUT2D eigenvalue weighted by molar-refractivity contribution is -0.156. The Hall–Kier alpha value is -0.570. The highest BCUT2D eigenvalue weighted by molar-refractivity contribution is 5.74. The quantitative estimate of drug-likeness (QED) is 0.337. The van der Waals surface area contributed by atoms with E-state index in [-0.39, 0.29) is 12.1 Å². The SMILES string of the molecule is CCCCCCCCOC(=O)C(CCCCCC)OC. The molecule has 0 aliphatic heterocycles. The molecule has 0 aromatic carbocycles. The topological polar surface area (TPSA) is 35.5 Å². The summed E-state index contributed by atoms with van der Waals surface area (Å²) in [7, 11) is 1.59. The molecular formula is C17H34O3. The lowest BCUT2D eigenvalue weighted by Gasteiger charge is -2.14. The lowest BCUT2D eigenvalue weighted by Crippen LogP contribution is -2.25. The zero-order valence-electron chi connectivity index (χ0n) is 13.8. The molecule has 0 heterocycles. The van der Waals surface area contributed by atoms with Crippen LogP contribution in [0.15, 0.2) is 0 Å². The Morgan fingerprint density at radius 3 is 2.00 bits per heavy atom. The van der Waals surface area contributed by atoms with Crippen molar-refractivity contribution in [1.29, 1.82) is 0 Å². The molecule has 0 spiro atoms. The zero-order chi connectivity index (χ0) is 15.1. The van der Waals surface area contributed by atoms with Gasteiger partial charge in [-0.15, -0.1) is 0 Å². The molecule has 0 saturated heterocycles. The number of rotatable bonds is 14. The van der Waals surface area contributed by atoms with Gasteiger partial charge in [0.1, 0.15) is 0 Å². The van der Waals surface area contributed by atoms with Gasteiger partial charge in [-0.1, -0.05) is 71.6 Å². The van der Waals surface area contributed by atoms with Gasteiger partial charge in [0, 0.05) is 7.11 Å². The van der Waals surface area contributed by atoms with Gasteiger partial charge in [0.2, 0.25) is 0 Å². The maximum atomic E-state index is 11.8. The minimum absolute atomic E-state index is 0.183. The van der Waals surface area contributed by atoms with E-state index < -0.39 is 0 Å². The van der Waals surface area contributed by atoms with Crippen LogP contribution in [0.4, 0.5) is 0 Å². The first-order valence-corrected chi connectivity index (χ1v) is 8.45. The van der Waals surface area contributed by atoms with Gasteiger partial charge in [-0.3, -0.25) is 0 Å². The summed E-state index contributed by atoms with van der Waals surface area (Å²) in [4.78, 5) is 11.8. The lowest BCUT2D eigenvalue weighted by atomic mass is 10.1. The van der Waals surface area contributed by atoms with Gasteiger partial charge >= 0.3 is 5.97 Å². The minimum Gasteiger partial charge on any atom is -0.464 e. The first-order valence-electron chi connectivity index (χ1n) is 8.45. The molecule has 0 N–H and O–H groups in total. The Balaban J connectivity index is 3.55. The van der Waals surface area contributed by atoms with E-state index in [1.165, 1.54) is 44.9 Å². The molecule has 1 atom stereocenters.